The van der Waals surface area contributed by atoms with Crippen LogP contribution < -0.4 is 0 Å². The van der Waals surface area contributed by atoms with Crippen molar-refractivity contribution >= 4 is 11.8 Å². The number of benzene rings is 1. The zero-order chi connectivity index (χ0) is 20.6. The molecule has 1 aromatic carbocycles. The summed E-state index contributed by atoms with van der Waals surface area (Å²) in [5.41, 5.74) is 0.774. The molecule has 5 heteroatoms. The molecule has 5 nitrogen and oxygen atoms in total. The monoisotopic (exact) mass is 397 g/mol. The third-order valence-corrected chi connectivity index (χ3v) is 8.08. The molecule has 2 heterocycles. The Kier molecular flexibility index (Phi) is 5.56. The second kappa shape index (κ2) is 7.84. The van der Waals surface area contributed by atoms with Crippen molar-refractivity contribution in [2.24, 2.45) is 16.7 Å². The second-order valence-electron chi connectivity index (χ2n) is 9.90. The van der Waals surface area contributed by atoms with Crippen LogP contribution >= 0.6 is 0 Å². The van der Waals surface area contributed by atoms with E-state index >= 15 is 0 Å². The number of piperidine rings is 1. The number of fused-ring (bicyclic) bond motifs is 2. The lowest BCUT2D eigenvalue weighted by Crippen LogP contribution is -2.59. The van der Waals surface area contributed by atoms with E-state index in [-0.39, 0.29) is 28.6 Å². The Bertz CT molecular complexity index is 755. The van der Waals surface area contributed by atoms with E-state index in [1.165, 1.54) is 5.56 Å². The smallest absolute Gasteiger partial charge is 0.235 e. The summed E-state index contributed by atoms with van der Waals surface area (Å²) in [5, 5.41) is 0. The van der Waals surface area contributed by atoms with Crippen LogP contribution in [-0.2, 0) is 16.1 Å². The Balaban J connectivity index is 1.24. The van der Waals surface area contributed by atoms with Crippen molar-refractivity contribution in [3.63, 3.8) is 0 Å². The van der Waals surface area contributed by atoms with Gasteiger partial charge in [-0.15, -0.1) is 0 Å². The number of likely N-dealkylation sites (tertiary alicyclic amines) is 1. The minimum atomic E-state index is -0.380. The van der Waals surface area contributed by atoms with Crippen molar-refractivity contribution in [2.75, 3.05) is 39.3 Å². The van der Waals surface area contributed by atoms with Gasteiger partial charge < -0.3 is 4.90 Å². The van der Waals surface area contributed by atoms with Crippen molar-refractivity contribution in [3.8, 4) is 0 Å². The van der Waals surface area contributed by atoms with E-state index in [9.17, 15) is 9.59 Å². The SMILES string of the molecule is CC1(C)[C@@H]2CC[C@@]1(C)C(=O)N(CCCN1CCN(Cc3ccccc3)CC1)C2=O. The van der Waals surface area contributed by atoms with Crippen LogP contribution in [0.1, 0.15) is 45.6 Å². The molecule has 4 rings (SSSR count). The first kappa shape index (κ1) is 20.5. The third kappa shape index (κ3) is 3.64. The van der Waals surface area contributed by atoms with Gasteiger partial charge in [-0.3, -0.25) is 19.4 Å². The zero-order valence-electron chi connectivity index (χ0n) is 18.2. The molecule has 0 spiro atoms. The topological polar surface area (TPSA) is 43.9 Å². The Morgan fingerprint density at radius 3 is 2.28 bits per heavy atom. The molecule has 2 amide bonds. The van der Waals surface area contributed by atoms with E-state index in [1.807, 2.05) is 0 Å². The molecule has 2 saturated heterocycles. The molecule has 29 heavy (non-hydrogen) atoms. The Morgan fingerprint density at radius 2 is 1.59 bits per heavy atom. The maximum absolute atomic E-state index is 13.1. The molecule has 3 aliphatic rings. The van der Waals surface area contributed by atoms with Crippen LogP contribution in [0.3, 0.4) is 0 Å². The predicted octanol–water partition coefficient (Wildman–Crippen LogP) is 3.01. The molecule has 2 bridgehead atoms. The van der Waals surface area contributed by atoms with E-state index in [4.69, 9.17) is 0 Å². The maximum Gasteiger partial charge on any atom is 0.235 e. The van der Waals surface area contributed by atoms with E-state index in [2.05, 4.69) is 60.9 Å². The first-order valence-corrected chi connectivity index (χ1v) is 11.2. The second-order valence-corrected chi connectivity index (χ2v) is 9.90. The summed E-state index contributed by atoms with van der Waals surface area (Å²) in [7, 11) is 0. The zero-order valence-corrected chi connectivity index (χ0v) is 18.2. The Morgan fingerprint density at radius 1 is 0.931 bits per heavy atom. The lowest BCUT2D eigenvalue weighted by Gasteiger charge is -2.47. The molecular weight excluding hydrogens is 362 g/mol. The first-order valence-electron chi connectivity index (χ1n) is 11.2. The van der Waals surface area contributed by atoms with Gasteiger partial charge in [0, 0.05) is 45.2 Å². The first-order chi connectivity index (χ1) is 13.8. The maximum atomic E-state index is 13.1. The standard InChI is InChI=1S/C24H35N3O2/c1-23(2)20-10-11-24(23,3)22(29)27(21(20)28)13-7-12-25-14-16-26(17-15-25)18-19-8-5-4-6-9-19/h4-6,8-9,20H,7,10-18H2,1-3H3/t20-,24+/m1/s1. The fraction of sp³-hybridized carbons (Fsp3) is 0.667. The van der Waals surface area contributed by atoms with Gasteiger partial charge in [0.15, 0.2) is 0 Å². The number of rotatable bonds is 6. The van der Waals surface area contributed by atoms with Crippen LogP contribution in [0, 0.1) is 16.7 Å². The number of amides is 2. The summed E-state index contributed by atoms with van der Waals surface area (Å²) < 4.78 is 0. The van der Waals surface area contributed by atoms with E-state index in [1.54, 1.807) is 4.90 Å². The summed E-state index contributed by atoms with van der Waals surface area (Å²) in [5.74, 6) is 0.142. The highest BCUT2D eigenvalue weighted by Gasteiger charge is 2.64. The van der Waals surface area contributed by atoms with Crippen molar-refractivity contribution in [3.05, 3.63) is 35.9 Å². The number of imide groups is 1. The molecule has 1 aliphatic carbocycles. The average molecular weight is 398 g/mol. The minimum Gasteiger partial charge on any atom is -0.301 e. The van der Waals surface area contributed by atoms with Gasteiger partial charge in [0.1, 0.15) is 0 Å². The fourth-order valence-electron chi connectivity index (χ4n) is 5.58. The normalized spacial score (nSPS) is 30.2. The summed E-state index contributed by atoms with van der Waals surface area (Å²) >= 11 is 0. The Hall–Kier alpha value is -1.72. The predicted molar refractivity (Wildman–Crippen MR) is 114 cm³/mol. The Labute approximate surface area is 175 Å². The number of hydrogen-bond acceptors (Lipinski definition) is 4. The highest BCUT2D eigenvalue weighted by molar-refractivity contribution is 6.03. The van der Waals surface area contributed by atoms with Gasteiger partial charge in [-0.1, -0.05) is 51.1 Å². The van der Waals surface area contributed by atoms with Crippen molar-refractivity contribution < 1.29 is 9.59 Å². The molecular formula is C24H35N3O2. The van der Waals surface area contributed by atoms with Crippen LogP contribution in [0.5, 0.6) is 0 Å². The lowest BCUT2D eigenvalue weighted by atomic mass is 9.62. The van der Waals surface area contributed by atoms with Gasteiger partial charge in [0.05, 0.1) is 5.41 Å². The van der Waals surface area contributed by atoms with Gasteiger partial charge in [0.25, 0.3) is 0 Å². The molecule has 0 aromatic heterocycles. The summed E-state index contributed by atoms with van der Waals surface area (Å²) in [6.45, 7) is 13.1. The lowest BCUT2D eigenvalue weighted by molar-refractivity contribution is -0.167. The van der Waals surface area contributed by atoms with Crippen LogP contribution in [0.25, 0.3) is 0 Å². The van der Waals surface area contributed by atoms with Crippen molar-refractivity contribution in [1.82, 2.24) is 14.7 Å². The van der Waals surface area contributed by atoms with E-state index < -0.39 is 0 Å². The minimum absolute atomic E-state index is 0.00623. The van der Waals surface area contributed by atoms with Gasteiger partial charge in [-0.25, -0.2) is 0 Å². The third-order valence-electron chi connectivity index (χ3n) is 8.08. The largest absolute Gasteiger partial charge is 0.301 e. The van der Waals surface area contributed by atoms with Gasteiger partial charge in [-0.05, 0) is 36.8 Å². The number of piperazine rings is 1. The number of hydrogen-bond donors (Lipinski definition) is 0. The highest BCUT2D eigenvalue weighted by Crippen LogP contribution is 2.60. The van der Waals surface area contributed by atoms with E-state index in [0.29, 0.717) is 6.54 Å². The molecule has 0 unspecified atom stereocenters. The van der Waals surface area contributed by atoms with Gasteiger partial charge in [0.2, 0.25) is 11.8 Å². The van der Waals surface area contributed by atoms with Crippen LogP contribution in [0.4, 0.5) is 0 Å². The number of nitrogens with zero attached hydrogens (tertiary/aromatic N) is 3. The van der Waals surface area contributed by atoms with Gasteiger partial charge >= 0.3 is 0 Å². The van der Waals surface area contributed by atoms with Crippen molar-refractivity contribution in [2.45, 2.75) is 46.6 Å². The molecule has 3 fully saturated rings. The van der Waals surface area contributed by atoms with Crippen molar-refractivity contribution in [1.29, 1.82) is 0 Å². The summed E-state index contributed by atoms with van der Waals surface area (Å²) in [6, 6.07) is 10.6. The fourth-order valence-corrected chi connectivity index (χ4v) is 5.58. The average Bonchev–Trinajstić information content (AvgIpc) is 2.90. The molecule has 0 radical (unpaired) electrons. The number of carbonyl (C=O) groups excluding carboxylic acids is 2. The highest BCUT2D eigenvalue weighted by atomic mass is 16.2. The van der Waals surface area contributed by atoms with Gasteiger partial charge in [-0.2, -0.15) is 0 Å². The molecule has 158 valence electrons. The summed E-state index contributed by atoms with van der Waals surface area (Å²) in [4.78, 5) is 32.6. The molecule has 2 aliphatic heterocycles. The molecule has 2 atom stereocenters. The number of carbonyl (C=O) groups is 2. The van der Waals surface area contributed by atoms with Crippen LogP contribution in [0.15, 0.2) is 30.3 Å². The molecule has 1 saturated carbocycles. The quantitative estimate of drug-likeness (QED) is 0.692. The molecule has 1 aromatic rings. The van der Waals surface area contributed by atoms with E-state index in [0.717, 1.165) is 58.5 Å². The van der Waals surface area contributed by atoms with Crippen LogP contribution in [-0.4, -0.2) is 65.8 Å². The summed E-state index contributed by atoms with van der Waals surface area (Å²) in [6.07, 6.45) is 2.57. The van der Waals surface area contributed by atoms with Crippen LogP contribution in [0.2, 0.25) is 0 Å². The molecule has 0 N–H and O–H groups in total.